The van der Waals surface area contributed by atoms with Gasteiger partial charge in [0.2, 0.25) is 5.89 Å². The maximum atomic E-state index is 11.4. The summed E-state index contributed by atoms with van der Waals surface area (Å²) in [5.74, 6) is 1.39. The van der Waals surface area contributed by atoms with Crippen molar-refractivity contribution in [2.24, 2.45) is 0 Å². The summed E-state index contributed by atoms with van der Waals surface area (Å²) in [5.41, 5.74) is 3.14. The molecule has 2 aromatic rings. The number of hydrogen-bond donors (Lipinski definition) is 0. The highest BCUT2D eigenvalue weighted by atomic mass is 16.5. The molecule has 0 saturated carbocycles. The quantitative estimate of drug-likeness (QED) is 0.788. The van der Waals surface area contributed by atoms with Crippen LogP contribution in [0.3, 0.4) is 0 Å². The van der Waals surface area contributed by atoms with Gasteiger partial charge in [0.05, 0.1) is 6.54 Å². The van der Waals surface area contributed by atoms with Crippen LogP contribution in [-0.2, 0) is 13.0 Å². The zero-order chi connectivity index (χ0) is 13.4. The van der Waals surface area contributed by atoms with Gasteiger partial charge in [-0.25, -0.2) is 0 Å². The highest BCUT2D eigenvalue weighted by Gasteiger charge is 2.21. The summed E-state index contributed by atoms with van der Waals surface area (Å²) in [7, 11) is 0. The summed E-state index contributed by atoms with van der Waals surface area (Å²) in [4.78, 5) is 17.8. The standard InChI is InChI=1S/C14H15N3O2/c1-9(18)11-3-4-13-12(7-11)5-6-17(13)8-14-15-10(2)16-19-14/h3-4,7H,5-6,8H2,1-2H3. The van der Waals surface area contributed by atoms with Gasteiger partial charge in [-0.15, -0.1) is 0 Å². The number of benzene rings is 1. The Morgan fingerprint density at radius 1 is 1.47 bits per heavy atom. The number of aryl methyl sites for hydroxylation is 1. The first-order valence-electron chi connectivity index (χ1n) is 6.31. The largest absolute Gasteiger partial charge is 0.362 e. The van der Waals surface area contributed by atoms with Gasteiger partial charge in [0, 0.05) is 17.8 Å². The molecule has 1 aromatic carbocycles. The van der Waals surface area contributed by atoms with E-state index in [0.717, 1.165) is 24.2 Å². The van der Waals surface area contributed by atoms with E-state index >= 15 is 0 Å². The molecule has 0 unspecified atom stereocenters. The van der Waals surface area contributed by atoms with Crippen LogP contribution in [0.4, 0.5) is 5.69 Å². The van der Waals surface area contributed by atoms with Gasteiger partial charge in [0.15, 0.2) is 11.6 Å². The van der Waals surface area contributed by atoms with Crippen LogP contribution in [0.1, 0.15) is 34.6 Å². The average Bonchev–Trinajstić information content (AvgIpc) is 2.96. The fourth-order valence-corrected chi connectivity index (χ4v) is 2.42. The smallest absolute Gasteiger partial charge is 0.246 e. The Morgan fingerprint density at radius 2 is 2.32 bits per heavy atom. The van der Waals surface area contributed by atoms with Crippen molar-refractivity contribution < 1.29 is 9.32 Å². The highest BCUT2D eigenvalue weighted by Crippen LogP contribution is 2.30. The van der Waals surface area contributed by atoms with Crippen LogP contribution in [0, 0.1) is 6.92 Å². The monoisotopic (exact) mass is 257 g/mol. The molecule has 0 spiro atoms. The van der Waals surface area contributed by atoms with Gasteiger partial charge < -0.3 is 9.42 Å². The minimum atomic E-state index is 0.105. The molecule has 0 atom stereocenters. The second kappa shape index (κ2) is 4.50. The Bertz CT molecular complexity index is 633. The molecule has 5 heteroatoms. The fraction of sp³-hybridized carbons (Fsp3) is 0.357. The van der Waals surface area contributed by atoms with Crippen molar-refractivity contribution in [1.82, 2.24) is 10.1 Å². The number of hydrogen-bond acceptors (Lipinski definition) is 5. The Hall–Kier alpha value is -2.17. The molecule has 0 radical (unpaired) electrons. The molecule has 0 saturated heterocycles. The molecule has 0 aliphatic carbocycles. The molecule has 1 aliphatic rings. The first-order chi connectivity index (χ1) is 9.13. The van der Waals surface area contributed by atoms with E-state index in [-0.39, 0.29) is 5.78 Å². The number of aromatic nitrogens is 2. The first kappa shape index (κ1) is 11.9. The highest BCUT2D eigenvalue weighted by molar-refractivity contribution is 5.94. The third-order valence-electron chi connectivity index (χ3n) is 3.37. The van der Waals surface area contributed by atoms with Crippen molar-refractivity contribution >= 4 is 11.5 Å². The SMILES string of the molecule is CC(=O)c1ccc2c(c1)CCN2Cc1nc(C)no1. The van der Waals surface area contributed by atoms with E-state index in [1.54, 1.807) is 6.92 Å². The van der Waals surface area contributed by atoms with Crippen LogP contribution in [-0.4, -0.2) is 22.5 Å². The van der Waals surface area contributed by atoms with Crippen LogP contribution in [0.5, 0.6) is 0 Å². The van der Waals surface area contributed by atoms with Crippen molar-refractivity contribution in [3.63, 3.8) is 0 Å². The number of Topliss-reactive ketones (excluding diaryl/α,β-unsaturated/α-hetero) is 1. The Balaban J connectivity index is 1.84. The Kier molecular flexibility index (Phi) is 2.81. The van der Waals surface area contributed by atoms with Crippen molar-refractivity contribution in [2.45, 2.75) is 26.8 Å². The number of ketones is 1. The molecule has 0 amide bonds. The molecule has 98 valence electrons. The molecule has 1 aliphatic heterocycles. The van der Waals surface area contributed by atoms with E-state index in [2.05, 4.69) is 15.0 Å². The molecule has 3 rings (SSSR count). The molecular formula is C14H15N3O2. The summed E-state index contributed by atoms with van der Waals surface area (Å²) in [6.07, 6.45) is 0.948. The lowest BCUT2D eigenvalue weighted by molar-refractivity contribution is 0.101. The summed E-state index contributed by atoms with van der Waals surface area (Å²) in [6.45, 7) is 4.94. The minimum absolute atomic E-state index is 0.105. The summed E-state index contributed by atoms with van der Waals surface area (Å²) < 4.78 is 5.15. The van der Waals surface area contributed by atoms with Crippen molar-refractivity contribution in [3.05, 3.63) is 41.0 Å². The van der Waals surface area contributed by atoms with E-state index in [4.69, 9.17) is 4.52 Å². The molecule has 1 aromatic heterocycles. The van der Waals surface area contributed by atoms with Gasteiger partial charge >= 0.3 is 0 Å². The van der Waals surface area contributed by atoms with E-state index < -0.39 is 0 Å². The molecule has 0 N–H and O–H groups in total. The lowest BCUT2D eigenvalue weighted by atomic mass is 10.1. The maximum absolute atomic E-state index is 11.4. The summed E-state index contributed by atoms with van der Waals surface area (Å²) >= 11 is 0. The van der Waals surface area contributed by atoms with E-state index in [9.17, 15) is 4.79 Å². The van der Waals surface area contributed by atoms with Crippen molar-refractivity contribution in [1.29, 1.82) is 0 Å². The fourth-order valence-electron chi connectivity index (χ4n) is 2.42. The van der Waals surface area contributed by atoms with Gasteiger partial charge in [0.1, 0.15) is 0 Å². The second-order valence-corrected chi connectivity index (χ2v) is 4.81. The number of anilines is 1. The number of carbonyl (C=O) groups excluding carboxylic acids is 1. The number of fused-ring (bicyclic) bond motifs is 1. The van der Waals surface area contributed by atoms with Gasteiger partial charge in [-0.3, -0.25) is 4.79 Å². The molecule has 5 nitrogen and oxygen atoms in total. The van der Waals surface area contributed by atoms with Gasteiger partial charge in [-0.1, -0.05) is 5.16 Å². The van der Waals surface area contributed by atoms with Crippen LogP contribution in [0.15, 0.2) is 22.7 Å². The number of carbonyl (C=O) groups is 1. The topological polar surface area (TPSA) is 59.2 Å². The lowest BCUT2D eigenvalue weighted by Gasteiger charge is -2.16. The van der Waals surface area contributed by atoms with Crippen LogP contribution < -0.4 is 4.90 Å². The first-order valence-corrected chi connectivity index (χ1v) is 6.31. The van der Waals surface area contributed by atoms with Crippen LogP contribution in [0.2, 0.25) is 0 Å². The Labute approximate surface area is 111 Å². The second-order valence-electron chi connectivity index (χ2n) is 4.81. The number of nitrogens with zero attached hydrogens (tertiary/aromatic N) is 3. The van der Waals surface area contributed by atoms with E-state index in [1.165, 1.54) is 5.56 Å². The third-order valence-corrected chi connectivity index (χ3v) is 3.37. The predicted octanol–water partition coefficient (Wildman–Crippen LogP) is 2.14. The maximum Gasteiger partial charge on any atom is 0.246 e. The molecule has 2 heterocycles. The third kappa shape index (κ3) is 2.23. The minimum Gasteiger partial charge on any atom is -0.362 e. The Morgan fingerprint density at radius 3 is 3.00 bits per heavy atom. The van der Waals surface area contributed by atoms with Crippen LogP contribution >= 0.6 is 0 Å². The summed E-state index contributed by atoms with van der Waals surface area (Å²) in [6, 6.07) is 5.86. The van der Waals surface area contributed by atoms with E-state index in [1.807, 2.05) is 25.1 Å². The summed E-state index contributed by atoms with van der Waals surface area (Å²) in [5, 5.41) is 3.79. The molecule has 0 fully saturated rings. The lowest BCUT2D eigenvalue weighted by Crippen LogP contribution is -2.19. The predicted molar refractivity (Wildman–Crippen MR) is 70.2 cm³/mol. The van der Waals surface area contributed by atoms with Crippen molar-refractivity contribution in [3.8, 4) is 0 Å². The normalized spacial score (nSPS) is 13.7. The number of rotatable bonds is 3. The zero-order valence-corrected chi connectivity index (χ0v) is 11.0. The van der Waals surface area contributed by atoms with Crippen molar-refractivity contribution in [2.75, 3.05) is 11.4 Å². The van der Waals surface area contributed by atoms with Gasteiger partial charge in [0.25, 0.3) is 0 Å². The zero-order valence-electron chi connectivity index (χ0n) is 11.0. The molecular weight excluding hydrogens is 242 g/mol. The van der Waals surface area contributed by atoms with Gasteiger partial charge in [-0.05, 0) is 44.0 Å². The van der Waals surface area contributed by atoms with E-state index in [0.29, 0.717) is 18.3 Å². The van der Waals surface area contributed by atoms with Gasteiger partial charge in [-0.2, -0.15) is 4.98 Å². The molecule has 0 bridgehead atoms. The average molecular weight is 257 g/mol. The molecule has 19 heavy (non-hydrogen) atoms. The van der Waals surface area contributed by atoms with Crippen LogP contribution in [0.25, 0.3) is 0 Å².